The van der Waals surface area contributed by atoms with Crippen LogP contribution < -0.4 is 10.6 Å². The first kappa shape index (κ1) is 17.9. The topological polar surface area (TPSA) is 104 Å². The molecule has 1 amide bonds. The molecule has 1 heterocycles. The number of carboxylic acid groups (broad SMARTS) is 1. The van der Waals surface area contributed by atoms with Gasteiger partial charge in [-0.1, -0.05) is 25.6 Å². The maximum absolute atomic E-state index is 11.8. The average Bonchev–Trinajstić information content (AvgIpc) is 2.89. The Kier molecular flexibility index (Phi) is 7.06. The van der Waals surface area contributed by atoms with Crippen LogP contribution in [-0.2, 0) is 9.59 Å². The molecule has 1 aromatic rings. The monoisotopic (exact) mass is 332 g/mol. The van der Waals surface area contributed by atoms with Crippen molar-refractivity contribution in [1.29, 1.82) is 0 Å². The Hall–Kier alpha value is -1.19. The SMILES string of the molecule is CCCSc1nsc(NC(=O)CNC(C)(CC)C(=O)O)n1. The number of hydrogen-bond acceptors (Lipinski definition) is 7. The number of amides is 1. The summed E-state index contributed by atoms with van der Waals surface area (Å²) in [6.07, 6.45) is 1.41. The van der Waals surface area contributed by atoms with Gasteiger partial charge in [0.1, 0.15) is 5.54 Å². The molecule has 0 fully saturated rings. The maximum atomic E-state index is 11.8. The lowest BCUT2D eigenvalue weighted by atomic mass is 9.99. The van der Waals surface area contributed by atoms with E-state index in [1.165, 1.54) is 11.8 Å². The van der Waals surface area contributed by atoms with Gasteiger partial charge >= 0.3 is 5.97 Å². The average molecular weight is 332 g/mol. The number of carbonyl (C=O) groups excluding carboxylic acids is 1. The van der Waals surface area contributed by atoms with E-state index in [2.05, 4.69) is 26.9 Å². The molecule has 1 atom stereocenters. The normalized spacial score (nSPS) is 13.7. The first-order valence-electron chi connectivity index (χ1n) is 6.66. The van der Waals surface area contributed by atoms with Crippen molar-refractivity contribution in [3.8, 4) is 0 Å². The van der Waals surface area contributed by atoms with Crippen molar-refractivity contribution < 1.29 is 14.7 Å². The quantitative estimate of drug-likeness (QED) is 0.592. The second kappa shape index (κ2) is 8.30. The molecule has 3 N–H and O–H groups in total. The molecule has 0 saturated heterocycles. The number of carbonyl (C=O) groups is 2. The van der Waals surface area contributed by atoms with E-state index in [4.69, 9.17) is 5.11 Å². The smallest absolute Gasteiger partial charge is 0.323 e. The summed E-state index contributed by atoms with van der Waals surface area (Å²) in [5, 5.41) is 15.5. The van der Waals surface area contributed by atoms with Crippen LogP contribution in [0.5, 0.6) is 0 Å². The zero-order valence-corrected chi connectivity index (χ0v) is 13.9. The number of rotatable bonds is 9. The van der Waals surface area contributed by atoms with Crippen LogP contribution in [0.4, 0.5) is 5.13 Å². The fourth-order valence-corrected chi connectivity index (χ4v) is 2.72. The molecule has 1 unspecified atom stereocenters. The van der Waals surface area contributed by atoms with Gasteiger partial charge in [0.15, 0.2) is 0 Å². The number of nitrogens with one attached hydrogen (secondary N) is 2. The summed E-state index contributed by atoms with van der Waals surface area (Å²) in [5.41, 5.74) is -1.11. The summed E-state index contributed by atoms with van der Waals surface area (Å²) in [6, 6.07) is 0. The number of aliphatic carboxylic acids is 1. The molecule has 0 spiro atoms. The molecule has 0 aliphatic heterocycles. The van der Waals surface area contributed by atoms with Crippen LogP contribution in [0.2, 0.25) is 0 Å². The Morgan fingerprint density at radius 2 is 2.14 bits per heavy atom. The van der Waals surface area contributed by atoms with Gasteiger partial charge in [0, 0.05) is 17.3 Å². The lowest BCUT2D eigenvalue weighted by Gasteiger charge is -2.24. The molecule has 0 aliphatic rings. The number of aromatic nitrogens is 2. The van der Waals surface area contributed by atoms with Crippen LogP contribution in [0, 0.1) is 0 Å². The van der Waals surface area contributed by atoms with Gasteiger partial charge in [-0.15, -0.1) is 0 Å². The predicted molar refractivity (Wildman–Crippen MR) is 83.9 cm³/mol. The fraction of sp³-hybridized carbons (Fsp3) is 0.667. The number of thioether (sulfide) groups is 1. The minimum absolute atomic E-state index is 0.0896. The highest BCUT2D eigenvalue weighted by atomic mass is 32.2. The Bertz CT molecular complexity index is 495. The number of hydrogen-bond donors (Lipinski definition) is 3. The standard InChI is InChI=1S/C12H20N4O3S2/c1-4-6-20-11-15-10(21-16-11)14-8(17)7-13-12(3,5-2)9(18)19/h13H,4-7H2,1-3H3,(H,18,19)(H,14,15,16,17). The fourth-order valence-electron chi connectivity index (χ4n) is 1.30. The number of carboxylic acids is 1. The number of anilines is 1. The maximum Gasteiger partial charge on any atom is 0.323 e. The van der Waals surface area contributed by atoms with E-state index in [-0.39, 0.29) is 12.5 Å². The third-order valence-electron chi connectivity index (χ3n) is 2.91. The zero-order valence-electron chi connectivity index (χ0n) is 12.3. The van der Waals surface area contributed by atoms with Crippen molar-refractivity contribution in [2.45, 2.75) is 44.3 Å². The molecule has 21 heavy (non-hydrogen) atoms. The van der Waals surface area contributed by atoms with Crippen LogP contribution in [0.3, 0.4) is 0 Å². The highest BCUT2D eigenvalue weighted by Crippen LogP contribution is 2.20. The first-order valence-corrected chi connectivity index (χ1v) is 8.42. The third-order valence-corrected chi connectivity index (χ3v) is 4.71. The Morgan fingerprint density at radius 1 is 1.43 bits per heavy atom. The summed E-state index contributed by atoms with van der Waals surface area (Å²) in [6.45, 7) is 5.28. The van der Waals surface area contributed by atoms with E-state index in [1.807, 2.05) is 0 Å². The van der Waals surface area contributed by atoms with Gasteiger partial charge in [-0.05, 0) is 19.8 Å². The molecule has 118 valence electrons. The minimum atomic E-state index is -1.11. The van der Waals surface area contributed by atoms with Gasteiger partial charge in [-0.2, -0.15) is 9.36 Å². The van der Waals surface area contributed by atoms with E-state index in [0.717, 1.165) is 23.7 Å². The predicted octanol–water partition coefficient (Wildman–Crippen LogP) is 1.82. The molecule has 1 rings (SSSR count). The molecule has 0 saturated carbocycles. The second-order valence-corrected chi connectivity index (χ2v) is 6.44. The number of nitrogens with zero attached hydrogens (tertiary/aromatic N) is 2. The highest BCUT2D eigenvalue weighted by Gasteiger charge is 2.30. The zero-order chi connectivity index (χ0) is 15.9. The first-order chi connectivity index (χ1) is 9.91. The molecule has 0 bridgehead atoms. The van der Waals surface area contributed by atoms with E-state index in [0.29, 0.717) is 16.7 Å². The lowest BCUT2D eigenvalue weighted by Crippen LogP contribution is -2.51. The van der Waals surface area contributed by atoms with Gasteiger partial charge in [-0.3, -0.25) is 20.2 Å². The molecular weight excluding hydrogens is 312 g/mol. The van der Waals surface area contributed by atoms with Crippen LogP contribution >= 0.6 is 23.3 Å². The largest absolute Gasteiger partial charge is 0.480 e. The van der Waals surface area contributed by atoms with E-state index in [1.54, 1.807) is 13.8 Å². The molecule has 9 heteroatoms. The Morgan fingerprint density at radius 3 is 2.71 bits per heavy atom. The van der Waals surface area contributed by atoms with Crippen molar-refractivity contribution >= 4 is 40.3 Å². The lowest BCUT2D eigenvalue weighted by molar-refractivity contribution is -0.144. The van der Waals surface area contributed by atoms with Gasteiger partial charge in [0.2, 0.25) is 16.2 Å². The van der Waals surface area contributed by atoms with Crippen LogP contribution in [0.15, 0.2) is 5.16 Å². The minimum Gasteiger partial charge on any atom is -0.480 e. The van der Waals surface area contributed by atoms with E-state index in [9.17, 15) is 9.59 Å². The summed E-state index contributed by atoms with van der Waals surface area (Å²) in [7, 11) is 0. The third kappa shape index (κ3) is 5.60. The van der Waals surface area contributed by atoms with Crippen LogP contribution in [0.1, 0.15) is 33.6 Å². The highest BCUT2D eigenvalue weighted by molar-refractivity contribution is 7.99. The summed E-state index contributed by atoms with van der Waals surface area (Å²) < 4.78 is 4.12. The summed E-state index contributed by atoms with van der Waals surface area (Å²) in [5.74, 6) is -0.384. The van der Waals surface area contributed by atoms with Crippen molar-refractivity contribution in [1.82, 2.24) is 14.7 Å². The van der Waals surface area contributed by atoms with Gasteiger partial charge in [-0.25, -0.2) is 0 Å². The second-order valence-electron chi connectivity index (χ2n) is 4.62. The molecule has 7 nitrogen and oxygen atoms in total. The van der Waals surface area contributed by atoms with Gasteiger partial charge in [0.05, 0.1) is 6.54 Å². The van der Waals surface area contributed by atoms with Crippen molar-refractivity contribution in [3.63, 3.8) is 0 Å². The van der Waals surface area contributed by atoms with Gasteiger partial charge < -0.3 is 5.11 Å². The van der Waals surface area contributed by atoms with Crippen LogP contribution in [0.25, 0.3) is 0 Å². The Labute approximate surface area is 132 Å². The Balaban J connectivity index is 2.46. The summed E-state index contributed by atoms with van der Waals surface area (Å²) >= 11 is 2.65. The van der Waals surface area contributed by atoms with E-state index >= 15 is 0 Å². The van der Waals surface area contributed by atoms with Crippen LogP contribution in [-0.4, -0.2) is 44.2 Å². The molecule has 0 radical (unpaired) electrons. The molecule has 1 aromatic heterocycles. The van der Waals surface area contributed by atoms with Crippen molar-refractivity contribution in [2.24, 2.45) is 0 Å². The molecular formula is C12H20N4O3S2. The van der Waals surface area contributed by atoms with Crippen molar-refractivity contribution in [3.05, 3.63) is 0 Å². The van der Waals surface area contributed by atoms with Gasteiger partial charge in [0.25, 0.3) is 0 Å². The van der Waals surface area contributed by atoms with Crippen molar-refractivity contribution in [2.75, 3.05) is 17.6 Å². The van der Waals surface area contributed by atoms with E-state index < -0.39 is 11.5 Å². The molecule has 0 aliphatic carbocycles. The molecule has 0 aromatic carbocycles. The summed E-state index contributed by atoms with van der Waals surface area (Å²) in [4.78, 5) is 27.1.